The van der Waals surface area contributed by atoms with Gasteiger partial charge in [0.25, 0.3) is 0 Å². The highest BCUT2D eigenvalue weighted by molar-refractivity contribution is 6.19. The van der Waals surface area contributed by atoms with E-state index in [1.807, 2.05) is 28.8 Å². The molecule has 23 heavy (non-hydrogen) atoms. The SMILES string of the molecule is Cc1cc(C)cc(-c2nc3ccccn3c2NC(=O)CCCl)c1. The number of amides is 1. The number of rotatable bonds is 4. The fourth-order valence-corrected chi connectivity index (χ4v) is 2.88. The average molecular weight is 328 g/mol. The molecule has 3 rings (SSSR count). The zero-order valence-electron chi connectivity index (χ0n) is 13.1. The molecule has 2 aromatic heterocycles. The third kappa shape index (κ3) is 3.22. The van der Waals surface area contributed by atoms with E-state index in [1.165, 1.54) is 0 Å². The molecule has 0 saturated heterocycles. The summed E-state index contributed by atoms with van der Waals surface area (Å²) < 4.78 is 1.89. The predicted molar refractivity (Wildman–Crippen MR) is 94.1 cm³/mol. The van der Waals surface area contributed by atoms with E-state index in [0.29, 0.717) is 11.7 Å². The largest absolute Gasteiger partial charge is 0.310 e. The first kappa shape index (κ1) is 15.6. The van der Waals surface area contributed by atoms with E-state index < -0.39 is 0 Å². The van der Waals surface area contributed by atoms with E-state index in [0.717, 1.165) is 28.0 Å². The van der Waals surface area contributed by atoms with E-state index in [9.17, 15) is 4.79 Å². The Bertz CT molecular complexity index is 850. The molecule has 0 radical (unpaired) electrons. The number of hydrogen-bond donors (Lipinski definition) is 1. The number of aromatic nitrogens is 2. The summed E-state index contributed by atoms with van der Waals surface area (Å²) >= 11 is 5.67. The van der Waals surface area contributed by atoms with Crippen LogP contribution in [0.1, 0.15) is 17.5 Å². The number of imidazole rings is 1. The van der Waals surface area contributed by atoms with Gasteiger partial charge in [-0.3, -0.25) is 9.20 Å². The van der Waals surface area contributed by atoms with Crippen LogP contribution >= 0.6 is 11.6 Å². The number of anilines is 1. The molecule has 0 saturated carbocycles. The number of pyridine rings is 1. The molecule has 0 aliphatic carbocycles. The van der Waals surface area contributed by atoms with E-state index in [2.05, 4.69) is 37.4 Å². The van der Waals surface area contributed by atoms with Crippen molar-refractivity contribution < 1.29 is 4.79 Å². The molecular formula is C18H18ClN3O. The smallest absolute Gasteiger partial charge is 0.226 e. The summed E-state index contributed by atoms with van der Waals surface area (Å²) in [6.45, 7) is 4.11. The molecule has 0 bridgehead atoms. The van der Waals surface area contributed by atoms with E-state index in [1.54, 1.807) is 0 Å². The summed E-state index contributed by atoms with van der Waals surface area (Å²) in [4.78, 5) is 16.7. The monoisotopic (exact) mass is 327 g/mol. The van der Waals surface area contributed by atoms with Gasteiger partial charge in [0.1, 0.15) is 17.2 Å². The summed E-state index contributed by atoms with van der Waals surface area (Å²) in [5.74, 6) is 0.860. The van der Waals surface area contributed by atoms with Crippen molar-refractivity contribution in [1.29, 1.82) is 0 Å². The van der Waals surface area contributed by atoms with Gasteiger partial charge in [0.2, 0.25) is 5.91 Å². The number of hydrogen-bond acceptors (Lipinski definition) is 2. The van der Waals surface area contributed by atoms with Gasteiger partial charge in [-0.1, -0.05) is 23.3 Å². The predicted octanol–water partition coefficient (Wildman–Crippen LogP) is 4.19. The van der Waals surface area contributed by atoms with Gasteiger partial charge in [0, 0.05) is 24.1 Å². The van der Waals surface area contributed by atoms with Crippen molar-refractivity contribution in [2.75, 3.05) is 11.2 Å². The van der Waals surface area contributed by atoms with Gasteiger partial charge in [-0.2, -0.15) is 0 Å². The minimum Gasteiger partial charge on any atom is -0.310 e. The lowest BCUT2D eigenvalue weighted by Crippen LogP contribution is -2.14. The van der Waals surface area contributed by atoms with Gasteiger partial charge in [-0.15, -0.1) is 11.6 Å². The molecule has 0 spiro atoms. The van der Waals surface area contributed by atoms with Crippen molar-refractivity contribution in [2.45, 2.75) is 20.3 Å². The Morgan fingerprint density at radius 1 is 1.22 bits per heavy atom. The summed E-state index contributed by atoms with van der Waals surface area (Å²) in [5.41, 5.74) is 4.88. The zero-order chi connectivity index (χ0) is 16.4. The van der Waals surface area contributed by atoms with Crippen LogP contribution < -0.4 is 5.32 Å². The van der Waals surface area contributed by atoms with Gasteiger partial charge in [0.15, 0.2) is 0 Å². The molecule has 0 unspecified atom stereocenters. The van der Waals surface area contributed by atoms with Gasteiger partial charge < -0.3 is 5.32 Å². The van der Waals surface area contributed by atoms with E-state index in [4.69, 9.17) is 16.6 Å². The molecule has 0 aliphatic rings. The highest BCUT2D eigenvalue weighted by Gasteiger charge is 2.16. The molecule has 0 atom stereocenters. The third-order valence-electron chi connectivity index (χ3n) is 3.60. The van der Waals surface area contributed by atoms with Crippen LogP contribution in [0.5, 0.6) is 0 Å². The maximum atomic E-state index is 12.0. The van der Waals surface area contributed by atoms with Crippen LogP contribution in [0.2, 0.25) is 0 Å². The Labute approximate surface area is 140 Å². The Balaban J connectivity index is 2.17. The zero-order valence-corrected chi connectivity index (χ0v) is 13.9. The van der Waals surface area contributed by atoms with Crippen LogP contribution in [0.3, 0.4) is 0 Å². The van der Waals surface area contributed by atoms with Crippen molar-refractivity contribution in [3.8, 4) is 11.3 Å². The van der Waals surface area contributed by atoms with Gasteiger partial charge >= 0.3 is 0 Å². The highest BCUT2D eigenvalue weighted by Crippen LogP contribution is 2.30. The molecule has 2 heterocycles. The number of fused-ring (bicyclic) bond motifs is 1. The Hall–Kier alpha value is -2.33. The van der Waals surface area contributed by atoms with Gasteiger partial charge in [-0.05, 0) is 38.1 Å². The van der Waals surface area contributed by atoms with Crippen molar-refractivity contribution in [2.24, 2.45) is 0 Å². The molecule has 5 heteroatoms. The summed E-state index contributed by atoms with van der Waals surface area (Å²) in [6, 6.07) is 12.0. The minimum atomic E-state index is -0.115. The number of carbonyl (C=O) groups is 1. The van der Waals surface area contributed by atoms with Crippen molar-refractivity contribution in [3.05, 3.63) is 53.7 Å². The second-order valence-corrected chi connectivity index (χ2v) is 5.98. The van der Waals surface area contributed by atoms with Crippen LogP contribution in [-0.2, 0) is 4.79 Å². The molecule has 0 fully saturated rings. The number of nitrogens with zero attached hydrogens (tertiary/aromatic N) is 2. The first-order valence-corrected chi connectivity index (χ1v) is 8.03. The Kier molecular flexibility index (Phi) is 4.35. The number of aryl methyl sites for hydroxylation is 2. The molecular weight excluding hydrogens is 310 g/mol. The normalized spacial score (nSPS) is 10.9. The Morgan fingerprint density at radius 2 is 1.96 bits per heavy atom. The topological polar surface area (TPSA) is 46.4 Å². The van der Waals surface area contributed by atoms with Gasteiger partial charge in [0.05, 0.1) is 0 Å². The second kappa shape index (κ2) is 6.42. The standard InChI is InChI=1S/C18H18ClN3O/c1-12-9-13(2)11-14(10-12)17-18(21-16(23)6-7-19)22-8-4-3-5-15(22)20-17/h3-5,8-11H,6-7H2,1-2H3,(H,21,23). The van der Waals surface area contributed by atoms with Crippen LogP contribution in [0.25, 0.3) is 16.9 Å². The highest BCUT2D eigenvalue weighted by atomic mass is 35.5. The van der Waals surface area contributed by atoms with Crippen LogP contribution in [-0.4, -0.2) is 21.2 Å². The summed E-state index contributed by atoms with van der Waals surface area (Å²) in [5, 5.41) is 2.95. The quantitative estimate of drug-likeness (QED) is 0.730. The molecule has 1 amide bonds. The molecule has 118 valence electrons. The lowest BCUT2D eigenvalue weighted by molar-refractivity contribution is -0.115. The molecule has 1 N–H and O–H groups in total. The number of nitrogens with one attached hydrogen (secondary N) is 1. The fourth-order valence-electron chi connectivity index (χ4n) is 2.71. The maximum Gasteiger partial charge on any atom is 0.226 e. The van der Waals surface area contributed by atoms with Crippen LogP contribution in [0.4, 0.5) is 5.82 Å². The van der Waals surface area contributed by atoms with Crippen LogP contribution in [0.15, 0.2) is 42.6 Å². The third-order valence-corrected chi connectivity index (χ3v) is 3.79. The number of halogens is 1. The first-order valence-electron chi connectivity index (χ1n) is 7.50. The number of carbonyl (C=O) groups excluding carboxylic acids is 1. The van der Waals surface area contributed by atoms with Crippen LogP contribution in [0, 0.1) is 13.8 Å². The van der Waals surface area contributed by atoms with Crippen molar-refractivity contribution in [1.82, 2.24) is 9.38 Å². The maximum absolute atomic E-state index is 12.0. The molecule has 4 nitrogen and oxygen atoms in total. The average Bonchev–Trinajstić information content (AvgIpc) is 2.85. The Morgan fingerprint density at radius 3 is 2.65 bits per heavy atom. The number of benzene rings is 1. The lowest BCUT2D eigenvalue weighted by Gasteiger charge is -2.08. The molecule has 3 aromatic rings. The first-order chi connectivity index (χ1) is 11.1. The fraction of sp³-hybridized carbons (Fsp3) is 0.222. The minimum absolute atomic E-state index is 0.115. The summed E-state index contributed by atoms with van der Waals surface area (Å²) in [7, 11) is 0. The van der Waals surface area contributed by atoms with Gasteiger partial charge in [-0.25, -0.2) is 4.98 Å². The van der Waals surface area contributed by atoms with Crippen molar-refractivity contribution >= 4 is 29.0 Å². The number of alkyl halides is 1. The van der Waals surface area contributed by atoms with Crippen molar-refractivity contribution in [3.63, 3.8) is 0 Å². The molecule has 1 aromatic carbocycles. The lowest BCUT2D eigenvalue weighted by atomic mass is 10.0. The molecule has 0 aliphatic heterocycles. The second-order valence-electron chi connectivity index (χ2n) is 5.60. The van der Waals surface area contributed by atoms with E-state index in [-0.39, 0.29) is 12.3 Å². The summed E-state index contributed by atoms with van der Waals surface area (Å²) in [6.07, 6.45) is 2.17. The van der Waals surface area contributed by atoms with E-state index >= 15 is 0 Å².